The van der Waals surface area contributed by atoms with E-state index in [0.717, 1.165) is 22.3 Å². The third-order valence-corrected chi connectivity index (χ3v) is 5.50. The molecule has 0 spiro atoms. The molecule has 32 heavy (non-hydrogen) atoms. The number of hydrogen-bond donors (Lipinski definition) is 1. The minimum atomic E-state index is -0.379. The van der Waals surface area contributed by atoms with Gasteiger partial charge in [-0.2, -0.15) is 0 Å². The number of benzene rings is 2. The lowest BCUT2D eigenvalue weighted by Crippen LogP contribution is -2.15. The third-order valence-electron chi connectivity index (χ3n) is 5.50. The van der Waals surface area contributed by atoms with Crippen molar-refractivity contribution in [3.05, 3.63) is 90.0 Å². The predicted molar refractivity (Wildman–Crippen MR) is 126 cm³/mol. The minimum absolute atomic E-state index is 0.175. The van der Waals surface area contributed by atoms with Crippen LogP contribution in [0.3, 0.4) is 0 Å². The second kappa shape index (κ2) is 8.59. The monoisotopic (exact) mass is 427 g/mol. The van der Waals surface area contributed by atoms with Gasteiger partial charge in [0.1, 0.15) is 11.4 Å². The molecule has 1 amide bonds. The fourth-order valence-corrected chi connectivity index (χ4v) is 3.67. The van der Waals surface area contributed by atoms with E-state index in [-0.39, 0.29) is 11.9 Å². The molecule has 2 heterocycles. The number of aromatic nitrogens is 2. The lowest BCUT2D eigenvalue weighted by molar-refractivity contribution is 0.0590. The standard InChI is InChI=1S/C26H25N3O3/c1-17-5-7-18(8-6-17)20-13-23(28(2)15-20)25(30)27-22-11-9-19(10-12-22)21-14-24(26(31)32-4)29(3)16-21/h5-16H,1-4H3,(H,27,30). The van der Waals surface area contributed by atoms with Crippen molar-refractivity contribution in [1.82, 2.24) is 9.13 Å². The van der Waals surface area contributed by atoms with Gasteiger partial charge in [-0.25, -0.2) is 4.79 Å². The number of nitrogens with one attached hydrogen (secondary N) is 1. The van der Waals surface area contributed by atoms with Crippen LogP contribution in [0.5, 0.6) is 0 Å². The van der Waals surface area contributed by atoms with E-state index in [2.05, 4.69) is 36.5 Å². The maximum atomic E-state index is 12.9. The highest BCUT2D eigenvalue weighted by molar-refractivity contribution is 6.04. The van der Waals surface area contributed by atoms with Crippen LogP contribution in [0, 0.1) is 6.92 Å². The Balaban J connectivity index is 1.50. The number of carbonyl (C=O) groups is 2. The summed E-state index contributed by atoms with van der Waals surface area (Å²) in [7, 11) is 5.03. The molecule has 4 aromatic rings. The van der Waals surface area contributed by atoms with Gasteiger partial charge >= 0.3 is 5.97 Å². The zero-order chi connectivity index (χ0) is 22.8. The maximum Gasteiger partial charge on any atom is 0.354 e. The van der Waals surface area contributed by atoms with Gasteiger partial charge in [0.05, 0.1) is 7.11 Å². The number of ether oxygens (including phenoxy) is 1. The second-order valence-corrected chi connectivity index (χ2v) is 7.84. The Bertz CT molecular complexity index is 1280. The number of esters is 1. The van der Waals surface area contributed by atoms with Crippen molar-refractivity contribution < 1.29 is 14.3 Å². The molecule has 0 atom stereocenters. The van der Waals surface area contributed by atoms with E-state index < -0.39 is 0 Å². The van der Waals surface area contributed by atoms with Gasteiger partial charge in [0, 0.05) is 43.3 Å². The number of hydrogen-bond acceptors (Lipinski definition) is 3. The van der Waals surface area contributed by atoms with Gasteiger partial charge in [-0.1, -0.05) is 42.0 Å². The maximum absolute atomic E-state index is 12.9. The molecular weight excluding hydrogens is 402 g/mol. The van der Waals surface area contributed by atoms with E-state index in [1.54, 1.807) is 17.7 Å². The van der Waals surface area contributed by atoms with Crippen molar-refractivity contribution in [2.75, 3.05) is 12.4 Å². The van der Waals surface area contributed by atoms with Crippen LogP contribution in [0.2, 0.25) is 0 Å². The molecule has 1 N–H and O–H groups in total. The fourth-order valence-electron chi connectivity index (χ4n) is 3.67. The Morgan fingerprint density at radius 2 is 1.25 bits per heavy atom. The third kappa shape index (κ3) is 4.21. The summed E-state index contributed by atoms with van der Waals surface area (Å²) < 4.78 is 8.37. The quantitative estimate of drug-likeness (QED) is 0.454. The molecule has 6 nitrogen and oxygen atoms in total. The zero-order valence-electron chi connectivity index (χ0n) is 18.5. The number of aryl methyl sites for hydroxylation is 3. The molecule has 6 heteroatoms. The predicted octanol–water partition coefficient (Wildman–Crippen LogP) is 5.04. The van der Waals surface area contributed by atoms with Gasteiger partial charge < -0.3 is 19.2 Å². The van der Waals surface area contributed by atoms with Crippen LogP contribution in [-0.2, 0) is 18.8 Å². The lowest BCUT2D eigenvalue weighted by atomic mass is 10.1. The first-order chi connectivity index (χ1) is 15.4. The molecule has 0 saturated heterocycles. The smallest absolute Gasteiger partial charge is 0.354 e. The highest BCUT2D eigenvalue weighted by atomic mass is 16.5. The summed E-state index contributed by atoms with van der Waals surface area (Å²) in [6, 6.07) is 19.4. The van der Waals surface area contributed by atoms with Gasteiger partial charge in [0.2, 0.25) is 0 Å². The van der Waals surface area contributed by atoms with E-state index in [9.17, 15) is 9.59 Å². The number of carbonyl (C=O) groups excluding carboxylic acids is 2. The highest BCUT2D eigenvalue weighted by Gasteiger charge is 2.15. The first-order valence-electron chi connectivity index (χ1n) is 10.3. The van der Waals surface area contributed by atoms with Gasteiger partial charge in [-0.05, 0) is 42.3 Å². The van der Waals surface area contributed by atoms with Crippen LogP contribution in [0.4, 0.5) is 5.69 Å². The number of methoxy groups -OCH3 is 1. The van der Waals surface area contributed by atoms with Gasteiger partial charge in [-0.3, -0.25) is 4.79 Å². The van der Waals surface area contributed by atoms with Crippen molar-refractivity contribution in [3.8, 4) is 22.3 Å². The van der Waals surface area contributed by atoms with Crippen molar-refractivity contribution in [2.45, 2.75) is 6.92 Å². The van der Waals surface area contributed by atoms with Crippen molar-refractivity contribution in [2.24, 2.45) is 14.1 Å². The van der Waals surface area contributed by atoms with Gasteiger partial charge in [0.25, 0.3) is 5.91 Å². The van der Waals surface area contributed by atoms with E-state index in [0.29, 0.717) is 17.1 Å². The van der Waals surface area contributed by atoms with Gasteiger partial charge in [0.15, 0.2) is 0 Å². The average molecular weight is 428 g/mol. The summed E-state index contributed by atoms with van der Waals surface area (Å²) in [5.74, 6) is -0.554. The molecule has 0 aliphatic heterocycles. The summed E-state index contributed by atoms with van der Waals surface area (Å²) in [6.07, 6.45) is 3.83. The van der Waals surface area contributed by atoms with Crippen LogP contribution < -0.4 is 5.32 Å². The molecule has 0 bridgehead atoms. The molecule has 4 rings (SSSR count). The second-order valence-electron chi connectivity index (χ2n) is 7.84. The first kappa shape index (κ1) is 21.2. The van der Waals surface area contributed by atoms with Crippen LogP contribution in [0.1, 0.15) is 26.5 Å². The summed E-state index contributed by atoms with van der Waals surface area (Å²) >= 11 is 0. The van der Waals surface area contributed by atoms with E-state index in [4.69, 9.17) is 4.74 Å². The molecule has 0 aliphatic carbocycles. The molecule has 2 aromatic carbocycles. The van der Waals surface area contributed by atoms with E-state index >= 15 is 0 Å². The average Bonchev–Trinajstić information content (AvgIpc) is 3.37. The van der Waals surface area contributed by atoms with Gasteiger partial charge in [-0.15, -0.1) is 0 Å². The highest BCUT2D eigenvalue weighted by Crippen LogP contribution is 2.25. The van der Waals surface area contributed by atoms with Crippen LogP contribution >= 0.6 is 0 Å². The molecular formula is C26H25N3O3. The lowest BCUT2D eigenvalue weighted by Gasteiger charge is -2.07. The Labute approximate surface area is 187 Å². The first-order valence-corrected chi connectivity index (χ1v) is 10.3. The van der Waals surface area contributed by atoms with Crippen LogP contribution in [-0.4, -0.2) is 28.1 Å². The molecule has 0 unspecified atom stereocenters. The van der Waals surface area contributed by atoms with E-state index in [1.165, 1.54) is 12.7 Å². The molecule has 0 saturated carbocycles. The van der Waals surface area contributed by atoms with Crippen molar-refractivity contribution in [1.29, 1.82) is 0 Å². The molecule has 162 valence electrons. The van der Waals surface area contributed by atoms with Crippen molar-refractivity contribution in [3.63, 3.8) is 0 Å². The summed E-state index contributed by atoms with van der Waals surface area (Å²) in [6.45, 7) is 2.05. The molecule has 0 aliphatic rings. The number of rotatable bonds is 5. The van der Waals surface area contributed by atoms with Crippen LogP contribution in [0.15, 0.2) is 73.1 Å². The number of anilines is 1. The Kier molecular flexibility index (Phi) is 5.69. The Morgan fingerprint density at radius 3 is 1.81 bits per heavy atom. The summed E-state index contributed by atoms with van der Waals surface area (Å²) in [5, 5.41) is 2.96. The van der Waals surface area contributed by atoms with Crippen LogP contribution in [0.25, 0.3) is 22.3 Å². The van der Waals surface area contributed by atoms with E-state index in [1.807, 2.05) is 54.3 Å². The molecule has 2 aromatic heterocycles. The van der Waals surface area contributed by atoms with Crippen molar-refractivity contribution >= 4 is 17.6 Å². The normalized spacial score (nSPS) is 10.8. The molecule has 0 radical (unpaired) electrons. The minimum Gasteiger partial charge on any atom is -0.464 e. The number of amides is 1. The SMILES string of the molecule is COC(=O)c1cc(-c2ccc(NC(=O)c3cc(-c4ccc(C)cc4)cn3C)cc2)cn1C. The fraction of sp³-hybridized carbons (Fsp3) is 0.154. The molecule has 0 fully saturated rings. The Morgan fingerprint density at radius 1 is 0.750 bits per heavy atom. The largest absolute Gasteiger partial charge is 0.464 e. The Hall–Kier alpha value is -4.06. The summed E-state index contributed by atoms with van der Waals surface area (Å²) in [4.78, 5) is 24.7. The zero-order valence-corrected chi connectivity index (χ0v) is 18.5. The topological polar surface area (TPSA) is 65.3 Å². The number of nitrogens with zero attached hydrogens (tertiary/aromatic N) is 2. The summed E-state index contributed by atoms with van der Waals surface area (Å²) in [5.41, 5.74) is 6.86.